The zero-order valence-electron chi connectivity index (χ0n) is 21.2. The second-order valence-electron chi connectivity index (χ2n) is 9.63. The predicted molar refractivity (Wildman–Crippen MR) is 148 cm³/mol. The first-order valence-corrected chi connectivity index (χ1v) is 14.4. The summed E-state index contributed by atoms with van der Waals surface area (Å²) in [6.07, 6.45) is 0.468. The summed E-state index contributed by atoms with van der Waals surface area (Å²) in [4.78, 5) is 25.3. The molecule has 1 heterocycles. The maximum atomic E-state index is 14.3. The third kappa shape index (κ3) is 5.98. The number of nitrogens with one attached hydrogen (secondary N) is 1. The highest BCUT2D eigenvalue weighted by molar-refractivity contribution is 7.89. The maximum Gasteiger partial charge on any atom is 0.326 e. The van der Waals surface area contributed by atoms with Gasteiger partial charge in [0.15, 0.2) is 0 Å². The Kier molecular flexibility index (Phi) is 8.52. The molecule has 1 aliphatic rings. The number of carbonyl (C=O) groups excluding carboxylic acids is 1. The van der Waals surface area contributed by atoms with Crippen molar-refractivity contribution in [3.05, 3.63) is 87.7 Å². The predicted octanol–water partition coefficient (Wildman–Crippen LogP) is 5.03. The molecule has 8 nitrogen and oxygen atoms in total. The molecule has 4 rings (SSSR count). The average molecular weight is 604 g/mol. The Bertz CT molecular complexity index is 1610. The number of rotatable bonds is 8. The first kappa shape index (κ1) is 29.5. The molecule has 12 heteroatoms. The quantitative estimate of drug-likeness (QED) is 0.372. The molecule has 0 aliphatic carbocycles. The van der Waals surface area contributed by atoms with Crippen LogP contribution in [0.25, 0.3) is 11.1 Å². The first-order chi connectivity index (χ1) is 18.8. The van der Waals surface area contributed by atoms with Gasteiger partial charge in [-0.3, -0.25) is 4.79 Å². The minimum atomic E-state index is -4.19. The molecule has 1 aliphatic heterocycles. The number of benzene rings is 3. The number of nitriles is 1. The Morgan fingerprint density at radius 2 is 1.77 bits per heavy atom. The normalized spacial score (nSPS) is 18.2. The van der Waals surface area contributed by atoms with Crippen LogP contribution in [0.15, 0.2) is 65.6 Å². The van der Waals surface area contributed by atoms with Gasteiger partial charge in [0.05, 0.1) is 16.5 Å². The van der Waals surface area contributed by atoms with Crippen LogP contribution in [0, 0.1) is 17.1 Å². The van der Waals surface area contributed by atoms with Crippen LogP contribution in [-0.2, 0) is 26.0 Å². The van der Waals surface area contributed by atoms with Crippen molar-refractivity contribution in [2.75, 3.05) is 6.54 Å². The number of hydrogen-bond acceptors (Lipinski definition) is 5. The van der Waals surface area contributed by atoms with Crippen molar-refractivity contribution in [2.45, 2.75) is 42.7 Å². The molecule has 0 bridgehead atoms. The molecule has 0 spiro atoms. The van der Waals surface area contributed by atoms with E-state index >= 15 is 0 Å². The lowest BCUT2D eigenvalue weighted by molar-refractivity contribution is -0.143. The zero-order chi connectivity index (χ0) is 29.2. The average Bonchev–Trinajstić information content (AvgIpc) is 3.32. The minimum absolute atomic E-state index is 0.0547. The first-order valence-electron chi connectivity index (χ1n) is 12.2. The highest BCUT2D eigenvalue weighted by Gasteiger charge is 2.50. The molecule has 1 fully saturated rings. The van der Waals surface area contributed by atoms with Crippen molar-refractivity contribution >= 4 is 45.1 Å². The number of nitrogens with zero attached hydrogens (tertiary/aromatic N) is 2. The van der Waals surface area contributed by atoms with E-state index < -0.39 is 39.3 Å². The lowest BCUT2D eigenvalue weighted by Gasteiger charge is -2.34. The van der Waals surface area contributed by atoms with Gasteiger partial charge in [-0.15, -0.1) is 0 Å². The Hall–Kier alpha value is -3.49. The van der Waals surface area contributed by atoms with E-state index in [2.05, 4.69) is 5.32 Å². The smallest absolute Gasteiger partial charge is 0.326 e. The van der Waals surface area contributed by atoms with Gasteiger partial charge in [0.25, 0.3) is 0 Å². The third-order valence-electron chi connectivity index (χ3n) is 6.89. The standard InChI is InChI=1S/C28H24Cl2FN3O5S/c1-28(9-2-10-34(28)40(38,39)22-14-20(29)13-21(30)15-22)27(37)33-25(26(35)36)12-17-3-6-19(7-4-17)23-11-18(16-32)5-8-24(23)31/h3-8,11,13-15,25H,2,9-10,12H2,1H3,(H,33,37)(H,35,36)/t25?,28-/m0/s1. The number of halogens is 3. The fourth-order valence-electron chi connectivity index (χ4n) is 4.74. The molecule has 40 heavy (non-hydrogen) atoms. The van der Waals surface area contributed by atoms with Gasteiger partial charge in [0.1, 0.15) is 17.4 Å². The van der Waals surface area contributed by atoms with Crippen LogP contribution in [-0.4, -0.2) is 47.8 Å². The number of aliphatic carboxylic acids is 1. The van der Waals surface area contributed by atoms with E-state index in [1.807, 2.05) is 6.07 Å². The fraction of sp³-hybridized carbons (Fsp3) is 0.250. The monoisotopic (exact) mass is 603 g/mol. The van der Waals surface area contributed by atoms with Gasteiger partial charge in [-0.2, -0.15) is 9.57 Å². The molecular formula is C28H24Cl2FN3O5S. The number of carboxylic acids is 1. The molecular weight excluding hydrogens is 580 g/mol. The SMILES string of the molecule is C[C@@]1(C(=O)NC(Cc2ccc(-c3cc(C#N)ccc3F)cc2)C(=O)O)CCCN1S(=O)(=O)c1cc(Cl)cc(Cl)c1. The number of carbonyl (C=O) groups is 2. The molecule has 0 aromatic heterocycles. The Balaban J connectivity index is 1.54. The fourth-order valence-corrected chi connectivity index (χ4v) is 7.28. The van der Waals surface area contributed by atoms with Crippen LogP contribution in [0.3, 0.4) is 0 Å². The van der Waals surface area contributed by atoms with Crippen LogP contribution in [0.2, 0.25) is 10.0 Å². The molecule has 2 atom stereocenters. The molecule has 1 saturated heterocycles. The summed E-state index contributed by atoms with van der Waals surface area (Å²) in [5.74, 6) is -2.56. The summed E-state index contributed by atoms with van der Waals surface area (Å²) in [5, 5.41) is 21.7. The number of amides is 1. The summed E-state index contributed by atoms with van der Waals surface area (Å²) in [6.45, 7) is 1.51. The number of hydrogen-bond donors (Lipinski definition) is 2. The van der Waals surface area contributed by atoms with Crippen molar-refractivity contribution in [2.24, 2.45) is 0 Å². The van der Waals surface area contributed by atoms with Crippen molar-refractivity contribution in [1.29, 1.82) is 5.26 Å². The zero-order valence-corrected chi connectivity index (χ0v) is 23.5. The van der Waals surface area contributed by atoms with Gasteiger partial charge in [-0.25, -0.2) is 17.6 Å². The Morgan fingerprint density at radius 1 is 1.12 bits per heavy atom. The van der Waals surface area contributed by atoms with Crippen molar-refractivity contribution in [3.8, 4) is 17.2 Å². The van der Waals surface area contributed by atoms with Crippen molar-refractivity contribution in [1.82, 2.24) is 9.62 Å². The molecule has 3 aromatic carbocycles. The number of carboxylic acid groups (broad SMARTS) is 1. The summed E-state index contributed by atoms with van der Waals surface area (Å²) in [5.41, 5.74) is 0.0147. The minimum Gasteiger partial charge on any atom is -0.480 e. The molecule has 208 valence electrons. The molecule has 0 saturated carbocycles. The van der Waals surface area contributed by atoms with Crippen LogP contribution in [0.1, 0.15) is 30.9 Å². The van der Waals surface area contributed by atoms with Gasteiger partial charge in [0.2, 0.25) is 15.9 Å². The van der Waals surface area contributed by atoms with Crippen LogP contribution in [0.4, 0.5) is 4.39 Å². The summed E-state index contributed by atoms with van der Waals surface area (Å²) in [7, 11) is -4.19. The summed E-state index contributed by atoms with van der Waals surface area (Å²) in [6, 6.07) is 14.9. The van der Waals surface area contributed by atoms with Gasteiger partial charge in [-0.05, 0) is 67.3 Å². The third-order valence-corrected chi connectivity index (χ3v) is 9.33. The van der Waals surface area contributed by atoms with Gasteiger partial charge < -0.3 is 10.4 Å². The van der Waals surface area contributed by atoms with Crippen LogP contribution < -0.4 is 5.32 Å². The Labute approximate surface area is 241 Å². The van der Waals surface area contributed by atoms with E-state index in [4.69, 9.17) is 28.5 Å². The lowest BCUT2D eigenvalue weighted by Crippen LogP contribution is -2.58. The van der Waals surface area contributed by atoms with E-state index in [9.17, 15) is 27.5 Å². The topological polar surface area (TPSA) is 128 Å². The Morgan fingerprint density at radius 3 is 2.38 bits per heavy atom. The second kappa shape index (κ2) is 11.6. The van der Waals surface area contributed by atoms with E-state index in [1.54, 1.807) is 24.3 Å². The van der Waals surface area contributed by atoms with E-state index in [1.165, 1.54) is 43.3 Å². The van der Waals surface area contributed by atoms with E-state index in [0.717, 1.165) is 4.31 Å². The largest absolute Gasteiger partial charge is 0.480 e. The lowest BCUT2D eigenvalue weighted by atomic mass is 9.96. The molecule has 2 N–H and O–H groups in total. The van der Waals surface area contributed by atoms with Gasteiger partial charge in [0, 0.05) is 28.6 Å². The molecule has 1 amide bonds. The summed E-state index contributed by atoms with van der Waals surface area (Å²) < 4.78 is 42.3. The molecule has 0 radical (unpaired) electrons. The highest BCUT2D eigenvalue weighted by atomic mass is 35.5. The molecule has 1 unspecified atom stereocenters. The van der Waals surface area contributed by atoms with Crippen LogP contribution >= 0.6 is 23.2 Å². The van der Waals surface area contributed by atoms with Crippen molar-refractivity contribution < 1.29 is 27.5 Å². The van der Waals surface area contributed by atoms with Crippen molar-refractivity contribution in [3.63, 3.8) is 0 Å². The van der Waals surface area contributed by atoms with Gasteiger partial charge >= 0.3 is 5.97 Å². The van der Waals surface area contributed by atoms with Gasteiger partial charge in [-0.1, -0.05) is 47.5 Å². The number of sulfonamides is 1. The van der Waals surface area contributed by atoms with Crippen LogP contribution in [0.5, 0.6) is 0 Å². The molecule has 3 aromatic rings. The highest BCUT2D eigenvalue weighted by Crippen LogP contribution is 2.36. The van der Waals surface area contributed by atoms with E-state index in [-0.39, 0.29) is 39.9 Å². The maximum absolute atomic E-state index is 14.3. The van der Waals surface area contributed by atoms with E-state index in [0.29, 0.717) is 23.1 Å². The summed E-state index contributed by atoms with van der Waals surface area (Å²) >= 11 is 12.0. The second-order valence-corrected chi connectivity index (χ2v) is 12.4.